The van der Waals surface area contributed by atoms with Crippen molar-refractivity contribution in [2.45, 2.75) is 72.6 Å². The van der Waals surface area contributed by atoms with Crippen LogP contribution in [0.3, 0.4) is 0 Å². The lowest BCUT2D eigenvalue weighted by atomic mass is 9.62. The molecule has 0 aromatic carbocycles. The molecule has 112 valence electrons. The largest absolute Gasteiger partial charge is 0.317 e. The van der Waals surface area contributed by atoms with E-state index in [1.165, 1.54) is 51.5 Å². The minimum Gasteiger partial charge on any atom is -0.317 e. The van der Waals surface area contributed by atoms with E-state index < -0.39 is 0 Å². The average Bonchev–Trinajstić information content (AvgIpc) is 2.88. The van der Waals surface area contributed by atoms with Gasteiger partial charge in [0.25, 0.3) is 0 Å². The molecule has 0 aliphatic heterocycles. The van der Waals surface area contributed by atoms with E-state index in [-0.39, 0.29) is 0 Å². The quantitative estimate of drug-likeness (QED) is 0.765. The third kappa shape index (κ3) is 3.97. The maximum Gasteiger partial charge on any atom is -0.00179 e. The minimum atomic E-state index is 0.514. The molecule has 0 heterocycles. The lowest BCUT2D eigenvalue weighted by Crippen LogP contribution is -2.39. The molecule has 1 heteroatoms. The first-order chi connectivity index (χ1) is 9.02. The standard InChI is InChI=1S/C18H35N/c1-5-19-13-15-10-11-16(18(2,3)4)12-17(15)14-8-6-7-9-14/h14-17,19H,5-13H2,1-4H3. The van der Waals surface area contributed by atoms with Gasteiger partial charge in [-0.25, -0.2) is 0 Å². The van der Waals surface area contributed by atoms with Gasteiger partial charge in [0, 0.05) is 0 Å². The van der Waals surface area contributed by atoms with Crippen LogP contribution in [0.15, 0.2) is 0 Å². The molecule has 2 aliphatic rings. The first-order valence-electron chi connectivity index (χ1n) is 8.73. The van der Waals surface area contributed by atoms with Gasteiger partial charge in [0.05, 0.1) is 0 Å². The van der Waals surface area contributed by atoms with E-state index in [0.717, 1.165) is 30.2 Å². The van der Waals surface area contributed by atoms with Crippen LogP contribution in [0.2, 0.25) is 0 Å². The van der Waals surface area contributed by atoms with Crippen LogP contribution in [0.1, 0.15) is 72.6 Å². The number of rotatable bonds is 4. The summed E-state index contributed by atoms with van der Waals surface area (Å²) in [5, 5.41) is 3.62. The van der Waals surface area contributed by atoms with Crippen LogP contribution in [0.4, 0.5) is 0 Å². The maximum absolute atomic E-state index is 3.62. The summed E-state index contributed by atoms with van der Waals surface area (Å²) in [5.74, 6) is 3.98. The monoisotopic (exact) mass is 265 g/mol. The van der Waals surface area contributed by atoms with Crippen LogP contribution in [0.25, 0.3) is 0 Å². The second-order valence-electron chi connectivity index (χ2n) is 8.15. The van der Waals surface area contributed by atoms with Gasteiger partial charge < -0.3 is 5.32 Å². The predicted octanol–water partition coefficient (Wildman–Crippen LogP) is 4.86. The van der Waals surface area contributed by atoms with Crippen molar-refractivity contribution in [1.29, 1.82) is 0 Å². The Morgan fingerprint density at radius 1 is 1.00 bits per heavy atom. The fourth-order valence-electron chi connectivity index (χ4n) is 4.60. The fourth-order valence-corrected chi connectivity index (χ4v) is 4.60. The van der Waals surface area contributed by atoms with Crippen molar-refractivity contribution in [3.63, 3.8) is 0 Å². The second-order valence-corrected chi connectivity index (χ2v) is 8.15. The molecule has 2 saturated carbocycles. The fraction of sp³-hybridized carbons (Fsp3) is 1.00. The van der Waals surface area contributed by atoms with Crippen molar-refractivity contribution < 1.29 is 0 Å². The van der Waals surface area contributed by atoms with E-state index in [4.69, 9.17) is 0 Å². The maximum atomic E-state index is 3.62. The lowest BCUT2D eigenvalue weighted by molar-refractivity contribution is 0.0651. The van der Waals surface area contributed by atoms with Crippen molar-refractivity contribution in [3.8, 4) is 0 Å². The van der Waals surface area contributed by atoms with Gasteiger partial charge >= 0.3 is 0 Å². The molecule has 0 amide bonds. The van der Waals surface area contributed by atoms with Crippen LogP contribution < -0.4 is 5.32 Å². The summed E-state index contributed by atoms with van der Waals surface area (Å²) in [6.07, 6.45) is 10.5. The smallest absolute Gasteiger partial charge is 0.00179 e. The van der Waals surface area contributed by atoms with E-state index >= 15 is 0 Å². The van der Waals surface area contributed by atoms with Gasteiger partial charge in [0.1, 0.15) is 0 Å². The zero-order valence-corrected chi connectivity index (χ0v) is 13.7. The highest BCUT2D eigenvalue weighted by molar-refractivity contribution is 4.90. The molecule has 0 bridgehead atoms. The van der Waals surface area contributed by atoms with Gasteiger partial charge in [0.2, 0.25) is 0 Å². The minimum absolute atomic E-state index is 0.514. The molecule has 0 aromatic heterocycles. The number of nitrogens with one attached hydrogen (secondary N) is 1. The van der Waals surface area contributed by atoms with Gasteiger partial charge in [-0.3, -0.25) is 0 Å². The summed E-state index contributed by atoms with van der Waals surface area (Å²) < 4.78 is 0. The van der Waals surface area contributed by atoms with Gasteiger partial charge in [-0.15, -0.1) is 0 Å². The van der Waals surface area contributed by atoms with E-state index in [0.29, 0.717) is 5.41 Å². The predicted molar refractivity (Wildman–Crippen MR) is 84.3 cm³/mol. The van der Waals surface area contributed by atoms with Crippen LogP contribution in [0.5, 0.6) is 0 Å². The molecule has 1 nitrogen and oxygen atoms in total. The summed E-state index contributed by atoms with van der Waals surface area (Å²) >= 11 is 0. The molecule has 19 heavy (non-hydrogen) atoms. The highest BCUT2D eigenvalue weighted by Gasteiger charge is 2.39. The molecule has 0 radical (unpaired) electrons. The molecular weight excluding hydrogens is 230 g/mol. The molecule has 2 rings (SSSR count). The topological polar surface area (TPSA) is 12.0 Å². The van der Waals surface area contributed by atoms with Crippen LogP contribution in [-0.2, 0) is 0 Å². The Labute approximate surface area is 120 Å². The first kappa shape index (κ1) is 15.4. The Bertz CT molecular complexity index is 259. The van der Waals surface area contributed by atoms with Crippen LogP contribution >= 0.6 is 0 Å². The van der Waals surface area contributed by atoms with Gasteiger partial charge in [-0.1, -0.05) is 53.4 Å². The first-order valence-corrected chi connectivity index (χ1v) is 8.73. The highest BCUT2D eigenvalue weighted by atomic mass is 14.8. The normalized spacial score (nSPS) is 33.8. The summed E-state index contributed by atoms with van der Waals surface area (Å²) in [7, 11) is 0. The van der Waals surface area contributed by atoms with Crippen molar-refractivity contribution in [2.75, 3.05) is 13.1 Å². The average molecular weight is 265 g/mol. The molecule has 1 N–H and O–H groups in total. The van der Waals surface area contributed by atoms with Crippen molar-refractivity contribution in [3.05, 3.63) is 0 Å². The second kappa shape index (κ2) is 6.61. The van der Waals surface area contributed by atoms with Gasteiger partial charge in [0.15, 0.2) is 0 Å². The Hall–Kier alpha value is -0.0400. The van der Waals surface area contributed by atoms with Crippen molar-refractivity contribution in [2.24, 2.45) is 29.1 Å². The SMILES string of the molecule is CCNCC1CCC(C(C)(C)C)CC1C1CCCC1. The van der Waals surface area contributed by atoms with E-state index in [2.05, 4.69) is 33.0 Å². The van der Waals surface area contributed by atoms with Crippen LogP contribution in [-0.4, -0.2) is 13.1 Å². The summed E-state index contributed by atoms with van der Waals surface area (Å²) in [4.78, 5) is 0. The van der Waals surface area contributed by atoms with Crippen molar-refractivity contribution in [1.82, 2.24) is 5.32 Å². The molecule has 3 atom stereocenters. The Kier molecular flexibility index (Phi) is 5.34. The Morgan fingerprint density at radius 2 is 1.68 bits per heavy atom. The molecule has 0 aromatic rings. The number of hydrogen-bond acceptors (Lipinski definition) is 1. The zero-order valence-electron chi connectivity index (χ0n) is 13.7. The molecule has 3 unspecified atom stereocenters. The third-order valence-electron chi connectivity index (χ3n) is 5.93. The summed E-state index contributed by atoms with van der Waals surface area (Å²) in [5.41, 5.74) is 0.514. The van der Waals surface area contributed by atoms with E-state index in [1.54, 1.807) is 0 Å². The molecule has 2 fully saturated rings. The van der Waals surface area contributed by atoms with E-state index in [1.807, 2.05) is 0 Å². The van der Waals surface area contributed by atoms with Gasteiger partial charge in [-0.2, -0.15) is 0 Å². The summed E-state index contributed by atoms with van der Waals surface area (Å²) in [6.45, 7) is 12.0. The molecule has 2 aliphatic carbocycles. The van der Waals surface area contributed by atoms with E-state index in [9.17, 15) is 0 Å². The molecule has 0 spiro atoms. The Balaban J connectivity index is 2.00. The van der Waals surface area contributed by atoms with Crippen molar-refractivity contribution >= 4 is 0 Å². The third-order valence-corrected chi connectivity index (χ3v) is 5.93. The van der Waals surface area contributed by atoms with Gasteiger partial charge in [-0.05, 0) is 61.4 Å². The Morgan fingerprint density at radius 3 is 2.26 bits per heavy atom. The van der Waals surface area contributed by atoms with Crippen LogP contribution in [0, 0.1) is 29.1 Å². The zero-order chi connectivity index (χ0) is 13.9. The highest BCUT2D eigenvalue weighted by Crippen LogP contribution is 2.48. The summed E-state index contributed by atoms with van der Waals surface area (Å²) in [6, 6.07) is 0. The number of hydrogen-bond donors (Lipinski definition) is 1. The molecule has 0 saturated heterocycles. The molecular formula is C18H35N. The lowest BCUT2D eigenvalue weighted by Gasteiger charge is -2.44.